The molecule has 14 heteroatoms. The lowest BCUT2D eigenvalue weighted by Crippen LogP contribution is -2.60. The lowest BCUT2D eigenvalue weighted by atomic mass is 9.96. The van der Waals surface area contributed by atoms with Crippen molar-refractivity contribution in [3.63, 3.8) is 0 Å². The van der Waals surface area contributed by atoms with Crippen LogP contribution in [-0.4, -0.2) is 56.3 Å². The Bertz CT molecular complexity index is 1450. The van der Waals surface area contributed by atoms with Crippen LogP contribution in [-0.2, 0) is 0 Å². The Morgan fingerprint density at radius 1 is 1.13 bits per heavy atom. The second-order valence-corrected chi connectivity index (χ2v) is 9.30. The first-order chi connectivity index (χ1) is 18.9. The number of methoxy groups -OCH3 is 3. The predicted octanol–water partition coefficient (Wildman–Crippen LogP) is 1.68. The summed E-state index contributed by atoms with van der Waals surface area (Å²) in [7, 11) is 4.38. The summed E-state index contributed by atoms with van der Waals surface area (Å²) in [6.45, 7) is 1.69. The van der Waals surface area contributed by atoms with Crippen molar-refractivity contribution in [1.29, 1.82) is 10.5 Å². The molecule has 0 bridgehead atoms. The number of ether oxygens (including phenoxy) is 3. The molecule has 1 saturated heterocycles. The highest BCUT2D eigenvalue weighted by molar-refractivity contribution is 8.00. The largest absolute Gasteiger partial charge is 0.861 e. The van der Waals surface area contributed by atoms with E-state index in [0.717, 1.165) is 37.7 Å². The molecule has 0 saturated carbocycles. The van der Waals surface area contributed by atoms with Gasteiger partial charge >= 0.3 is 5.88 Å². The summed E-state index contributed by atoms with van der Waals surface area (Å²) in [4.78, 5) is 9.76. The van der Waals surface area contributed by atoms with E-state index in [4.69, 9.17) is 24.5 Å². The fourth-order valence-electron chi connectivity index (χ4n) is 4.20. The van der Waals surface area contributed by atoms with Crippen molar-refractivity contribution in [1.82, 2.24) is 10.3 Å². The van der Waals surface area contributed by atoms with Gasteiger partial charge in [0.15, 0.2) is 11.5 Å². The number of nitrogens with zero attached hydrogens (tertiary/aromatic N) is 7. The third kappa shape index (κ3) is 5.76. The molecule has 1 aliphatic heterocycles. The monoisotopic (exact) mass is 550 g/mol. The molecule has 39 heavy (non-hydrogen) atoms. The number of nitrogen functional groups attached to an aromatic ring is 1. The zero-order valence-electron chi connectivity index (χ0n) is 21.6. The molecule has 0 atom stereocenters. The maximum atomic E-state index is 12.6. The molecule has 0 unspecified atom stereocenters. The number of benzene rings is 1. The molecule has 3 aromatic rings. The van der Waals surface area contributed by atoms with Gasteiger partial charge in [0.1, 0.15) is 28.5 Å². The summed E-state index contributed by atoms with van der Waals surface area (Å²) in [6.07, 6.45) is 4.83. The molecular formula is C25H26N8O5S. The Kier molecular flexibility index (Phi) is 8.58. The molecule has 1 aliphatic rings. The Labute approximate surface area is 229 Å². The predicted molar refractivity (Wildman–Crippen MR) is 139 cm³/mol. The van der Waals surface area contributed by atoms with Crippen LogP contribution >= 0.6 is 11.8 Å². The van der Waals surface area contributed by atoms with Crippen LogP contribution in [0.4, 0.5) is 11.7 Å². The highest BCUT2D eigenvalue weighted by atomic mass is 32.2. The van der Waals surface area contributed by atoms with Crippen molar-refractivity contribution in [2.75, 3.05) is 50.9 Å². The fourth-order valence-corrected chi connectivity index (χ4v) is 4.98. The van der Waals surface area contributed by atoms with Gasteiger partial charge in [-0.1, -0.05) is 11.8 Å². The summed E-state index contributed by atoms with van der Waals surface area (Å²) in [5.74, 6) is 0.288. The number of nitrogens with two attached hydrogens (primary N) is 1. The highest BCUT2D eigenvalue weighted by Gasteiger charge is 2.24. The molecule has 2 N–H and O–H groups in total. The number of aromatic nitrogens is 3. The number of thioether (sulfide) groups is 1. The smallest absolute Gasteiger partial charge is 0.324 e. The van der Waals surface area contributed by atoms with Gasteiger partial charge in [-0.3, -0.25) is 4.52 Å². The van der Waals surface area contributed by atoms with Crippen molar-refractivity contribution in [2.24, 2.45) is 4.99 Å². The van der Waals surface area contributed by atoms with Gasteiger partial charge in [0.2, 0.25) is 11.0 Å². The summed E-state index contributed by atoms with van der Waals surface area (Å²) >= 11 is 0.971. The van der Waals surface area contributed by atoms with Gasteiger partial charge in [0, 0.05) is 11.3 Å². The quantitative estimate of drug-likeness (QED) is 0.176. The van der Waals surface area contributed by atoms with Crippen molar-refractivity contribution in [2.45, 2.75) is 24.3 Å². The van der Waals surface area contributed by atoms with Gasteiger partial charge in [0.25, 0.3) is 6.20 Å². The average molecular weight is 551 g/mol. The first kappa shape index (κ1) is 27.3. The number of hydrogen-bond donors (Lipinski definition) is 1. The molecule has 0 radical (unpaired) electrons. The minimum absolute atomic E-state index is 0.00474. The zero-order chi connectivity index (χ0) is 27.9. The van der Waals surface area contributed by atoms with Crippen molar-refractivity contribution < 1.29 is 28.6 Å². The second kappa shape index (κ2) is 12.2. The average Bonchev–Trinajstić information content (AvgIpc) is 3.43. The minimum atomic E-state index is -0.523. The van der Waals surface area contributed by atoms with Crippen LogP contribution in [0.3, 0.4) is 0 Å². The molecule has 0 amide bonds. The Hall–Kier alpha value is -4.69. The van der Waals surface area contributed by atoms with E-state index in [0.29, 0.717) is 22.8 Å². The molecule has 4 rings (SSSR count). The van der Waals surface area contributed by atoms with Crippen LogP contribution in [0.5, 0.6) is 17.2 Å². The molecule has 1 aromatic carbocycles. The summed E-state index contributed by atoms with van der Waals surface area (Å²) < 4.78 is 21.4. The van der Waals surface area contributed by atoms with E-state index in [9.17, 15) is 15.6 Å². The van der Waals surface area contributed by atoms with Crippen molar-refractivity contribution in [3.8, 4) is 40.5 Å². The first-order valence-corrected chi connectivity index (χ1v) is 12.9. The van der Waals surface area contributed by atoms with Gasteiger partial charge in [0.05, 0.1) is 44.8 Å². The maximum absolute atomic E-state index is 12.6. The fraction of sp³-hybridized carbons (Fsp3) is 0.360. The van der Waals surface area contributed by atoms with E-state index in [2.05, 4.69) is 21.3 Å². The zero-order valence-corrected chi connectivity index (χ0v) is 22.4. The number of aliphatic imine (C=N–C) groups is 1. The van der Waals surface area contributed by atoms with Gasteiger partial charge < -0.3 is 25.1 Å². The van der Waals surface area contributed by atoms with Crippen molar-refractivity contribution in [3.05, 3.63) is 29.5 Å². The standard InChI is InChI=1S/C25H26N8O5S/c1-35-18-9-15(10-19(36-2)23(18)37-3)22-16(11-26)24(28)30-25(17(22)12-27)39-14-20(34)29-21-13-33(31-38-21)32-7-5-4-6-8-32/h9-10,13H,4-8,14H2,1-3H3,(H2-,28,29,30,31,34). The third-order valence-corrected chi connectivity index (χ3v) is 6.96. The molecule has 0 spiro atoms. The number of rotatable bonds is 9. The summed E-state index contributed by atoms with van der Waals surface area (Å²) in [5, 5.41) is 38.7. The van der Waals surface area contributed by atoms with Crippen LogP contribution in [0.2, 0.25) is 0 Å². The van der Waals surface area contributed by atoms with Gasteiger partial charge in [-0.25, -0.2) is 9.98 Å². The Morgan fingerprint density at radius 2 is 1.79 bits per heavy atom. The minimum Gasteiger partial charge on any atom is -0.861 e. The van der Waals surface area contributed by atoms with Gasteiger partial charge in [-0.05, 0) is 42.9 Å². The maximum Gasteiger partial charge on any atom is 0.324 e. The molecule has 0 aliphatic carbocycles. The number of hydrogen-bond acceptors (Lipinski definition) is 13. The molecule has 2 aromatic heterocycles. The highest BCUT2D eigenvalue weighted by Crippen LogP contribution is 2.44. The Morgan fingerprint density at radius 3 is 2.38 bits per heavy atom. The number of pyridine rings is 1. The van der Waals surface area contributed by atoms with Crippen molar-refractivity contribution >= 4 is 29.4 Å². The van der Waals surface area contributed by atoms with E-state index in [1.165, 1.54) is 27.8 Å². The topological polar surface area (TPSA) is 183 Å². The molecular weight excluding hydrogens is 524 g/mol. The summed E-state index contributed by atoms with van der Waals surface area (Å²) in [5.41, 5.74) is 6.84. The normalized spacial score (nSPS) is 13.5. The van der Waals surface area contributed by atoms with E-state index in [-0.39, 0.29) is 39.2 Å². The number of piperidine rings is 1. The molecule has 3 heterocycles. The molecule has 202 valence electrons. The lowest BCUT2D eigenvalue weighted by molar-refractivity contribution is -0.759. The number of anilines is 1. The van der Waals surface area contributed by atoms with E-state index >= 15 is 0 Å². The van der Waals surface area contributed by atoms with Gasteiger partial charge in [-0.2, -0.15) is 15.5 Å². The summed E-state index contributed by atoms with van der Waals surface area (Å²) in [6, 6.07) is 7.33. The van der Waals surface area contributed by atoms with E-state index < -0.39 is 5.90 Å². The lowest BCUT2D eigenvalue weighted by Gasteiger charge is -2.17. The third-order valence-electron chi connectivity index (χ3n) is 6.00. The van der Waals surface area contributed by atoms with Crippen LogP contribution < -0.4 is 34.9 Å². The van der Waals surface area contributed by atoms with Gasteiger partial charge in [-0.15, -0.1) is 0 Å². The van der Waals surface area contributed by atoms with Crippen LogP contribution in [0, 0.1) is 22.7 Å². The SMILES string of the molecule is COc1cc(-c2c(C#N)c(N)nc(SC/C([O-])=N/c3c[n+](N4CCCCC4)no3)c2C#N)cc(OC)c1OC. The molecule has 1 fully saturated rings. The second-order valence-electron chi connectivity index (χ2n) is 8.33. The molecule has 13 nitrogen and oxygen atoms in total. The van der Waals surface area contributed by atoms with E-state index in [1.54, 1.807) is 23.1 Å². The van der Waals surface area contributed by atoms with Crippen LogP contribution in [0.1, 0.15) is 30.4 Å². The number of nitriles is 2. The van der Waals surface area contributed by atoms with Crippen LogP contribution in [0.25, 0.3) is 11.1 Å². The Balaban J connectivity index is 1.66. The van der Waals surface area contributed by atoms with E-state index in [1.807, 2.05) is 11.1 Å². The van der Waals surface area contributed by atoms with Crippen LogP contribution in [0.15, 0.2) is 32.9 Å². The first-order valence-electron chi connectivity index (χ1n) is 11.9.